The molecule has 0 amide bonds. The minimum atomic E-state index is -0.986. The standard InChI is InChI=1S/C13H14BrN3O3/c1-17-12(9(6-16-17)13(18)19)7-15-11-5-8(20-2)3-4-10(11)14/h3-6,15H,7H2,1-2H3,(H,18,19). The minimum Gasteiger partial charge on any atom is -0.497 e. The van der Waals surface area contributed by atoms with Crippen LogP contribution < -0.4 is 10.1 Å². The molecule has 0 saturated heterocycles. The van der Waals surface area contributed by atoms with Crippen LogP contribution in [0, 0.1) is 0 Å². The van der Waals surface area contributed by atoms with Gasteiger partial charge in [-0.25, -0.2) is 4.79 Å². The number of carbonyl (C=O) groups is 1. The Labute approximate surface area is 124 Å². The predicted molar refractivity (Wildman–Crippen MR) is 78.2 cm³/mol. The molecule has 0 fully saturated rings. The number of hydrogen-bond acceptors (Lipinski definition) is 4. The van der Waals surface area contributed by atoms with Crippen molar-refractivity contribution in [3.05, 3.63) is 40.1 Å². The number of carboxylic acid groups (broad SMARTS) is 1. The third kappa shape index (κ3) is 2.93. The van der Waals surface area contributed by atoms with Gasteiger partial charge in [-0.3, -0.25) is 4.68 Å². The molecule has 0 aliphatic rings. The van der Waals surface area contributed by atoms with Crippen molar-refractivity contribution < 1.29 is 14.6 Å². The van der Waals surface area contributed by atoms with Crippen molar-refractivity contribution in [3.8, 4) is 5.75 Å². The first kappa shape index (κ1) is 14.4. The molecule has 7 heteroatoms. The summed E-state index contributed by atoms with van der Waals surface area (Å²) in [6.07, 6.45) is 1.35. The Hall–Kier alpha value is -2.02. The predicted octanol–water partition coefficient (Wildman–Crippen LogP) is 2.50. The van der Waals surface area contributed by atoms with Crippen LogP contribution in [-0.2, 0) is 13.6 Å². The molecule has 0 radical (unpaired) electrons. The normalized spacial score (nSPS) is 10.3. The number of nitrogens with one attached hydrogen (secondary N) is 1. The van der Waals surface area contributed by atoms with Gasteiger partial charge < -0.3 is 15.2 Å². The van der Waals surface area contributed by atoms with Crippen LogP contribution in [-0.4, -0.2) is 28.0 Å². The van der Waals surface area contributed by atoms with Crippen LogP contribution in [0.2, 0.25) is 0 Å². The molecule has 6 nitrogen and oxygen atoms in total. The van der Waals surface area contributed by atoms with Gasteiger partial charge in [-0.15, -0.1) is 0 Å². The highest BCUT2D eigenvalue weighted by Crippen LogP contribution is 2.27. The van der Waals surface area contributed by atoms with Gasteiger partial charge in [0, 0.05) is 17.6 Å². The van der Waals surface area contributed by atoms with Crippen molar-refractivity contribution >= 4 is 27.6 Å². The van der Waals surface area contributed by atoms with E-state index >= 15 is 0 Å². The first-order valence-electron chi connectivity index (χ1n) is 5.84. The molecular weight excluding hydrogens is 326 g/mol. The summed E-state index contributed by atoms with van der Waals surface area (Å²) in [5.74, 6) is -0.265. The molecule has 1 heterocycles. The maximum absolute atomic E-state index is 11.1. The van der Waals surface area contributed by atoms with Crippen LogP contribution in [0.15, 0.2) is 28.9 Å². The van der Waals surface area contributed by atoms with Gasteiger partial charge in [0.25, 0.3) is 0 Å². The number of nitrogens with zero attached hydrogens (tertiary/aromatic N) is 2. The summed E-state index contributed by atoms with van der Waals surface area (Å²) >= 11 is 3.43. The Morgan fingerprint density at radius 1 is 1.55 bits per heavy atom. The molecule has 0 saturated carbocycles. The lowest BCUT2D eigenvalue weighted by atomic mass is 10.2. The number of methoxy groups -OCH3 is 1. The zero-order valence-electron chi connectivity index (χ0n) is 11.1. The van der Waals surface area contributed by atoms with Gasteiger partial charge in [0.2, 0.25) is 0 Å². The van der Waals surface area contributed by atoms with E-state index in [4.69, 9.17) is 9.84 Å². The lowest BCUT2D eigenvalue weighted by molar-refractivity contribution is 0.0695. The molecule has 0 aliphatic carbocycles. The van der Waals surface area contributed by atoms with Crippen LogP contribution in [0.25, 0.3) is 0 Å². The molecule has 0 atom stereocenters. The van der Waals surface area contributed by atoms with Gasteiger partial charge in [-0.1, -0.05) is 0 Å². The zero-order chi connectivity index (χ0) is 14.7. The van der Waals surface area contributed by atoms with Gasteiger partial charge >= 0.3 is 5.97 Å². The van der Waals surface area contributed by atoms with E-state index in [0.717, 1.165) is 15.9 Å². The lowest BCUT2D eigenvalue weighted by Crippen LogP contribution is -2.10. The number of hydrogen-bond donors (Lipinski definition) is 2. The number of carboxylic acids is 1. The van der Waals surface area contributed by atoms with Crippen LogP contribution >= 0.6 is 15.9 Å². The van der Waals surface area contributed by atoms with Crippen molar-refractivity contribution in [2.45, 2.75) is 6.54 Å². The molecule has 1 aromatic heterocycles. The van der Waals surface area contributed by atoms with E-state index in [2.05, 4.69) is 26.3 Å². The number of rotatable bonds is 5. The fraction of sp³-hybridized carbons (Fsp3) is 0.231. The van der Waals surface area contributed by atoms with Crippen molar-refractivity contribution in [1.82, 2.24) is 9.78 Å². The second kappa shape index (κ2) is 5.96. The van der Waals surface area contributed by atoms with Gasteiger partial charge in [-0.2, -0.15) is 5.10 Å². The van der Waals surface area contributed by atoms with Crippen molar-refractivity contribution in [3.63, 3.8) is 0 Å². The molecule has 20 heavy (non-hydrogen) atoms. The number of aromatic carboxylic acids is 1. The molecule has 0 spiro atoms. The molecule has 0 unspecified atom stereocenters. The smallest absolute Gasteiger partial charge is 0.339 e. The van der Waals surface area contributed by atoms with Gasteiger partial charge in [-0.05, 0) is 28.1 Å². The summed E-state index contributed by atoms with van der Waals surface area (Å²) in [4.78, 5) is 11.1. The molecule has 2 rings (SSSR count). The topological polar surface area (TPSA) is 76.4 Å². The van der Waals surface area contributed by atoms with E-state index in [0.29, 0.717) is 12.2 Å². The fourth-order valence-electron chi connectivity index (χ4n) is 1.80. The Bertz CT molecular complexity index is 640. The number of aromatic nitrogens is 2. The summed E-state index contributed by atoms with van der Waals surface area (Å²) in [6, 6.07) is 5.53. The van der Waals surface area contributed by atoms with E-state index in [-0.39, 0.29) is 5.56 Å². The summed E-state index contributed by atoms with van der Waals surface area (Å²) in [5, 5.41) is 16.2. The Kier molecular flexibility index (Phi) is 4.29. The number of benzene rings is 1. The van der Waals surface area contributed by atoms with Crippen LogP contribution in [0.5, 0.6) is 5.75 Å². The Balaban J connectivity index is 2.21. The van der Waals surface area contributed by atoms with Crippen LogP contribution in [0.4, 0.5) is 5.69 Å². The molecular formula is C13H14BrN3O3. The first-order chi connectivity index (χ1) is 9.52. The second-order valence-corrected chi connectivity index (χ2v) is 4.99. The zero-order valence-corrected chi connectivity index (χ0v) is 12.6. The maximum atomic E-state index is 11.1. The monoisotopic (exact) mass is 339 g/mol. The largest absolute Gasteiger partial charge is 0.497 e. The lowest BCUT2D eigenvalue weighted by Gasteiger charge is -2.11. The summed E-state index contributed by atoms with van der Waals surface area (Å²) in [6.45, 7) is 0.351. The molecule has 106 valence electrons. The van der Waals surface area contributed by atoms with Gasteiger partial charge in [0.1, 0.15) is 11.3 Å². The Morgan fingerprint density at radius 3 is 2.95 bits per heavy atom. The average molecular weight is 340 g/mol. The third-order valence-electron chi connectivity index (χ3n) is 2.91. The minimum absolute atomic E-state index is 0.194. The van der Waals surface area contributed by atoms with Crippen molar-refractivity contribution in [2.75, 3.05) is 12.4 Å². The quantitative estimate of drug-likeness (QED) is 0.875. The maximum Gasteiger partial charge on any atom is 0.339 e. The van der Waals surface area contributed by atoms with Crippen LogP contribution in [0.1, 0.15) is 16.1 Å². The van der Waals surface area contributed by atoms with E-state index in [1.807, 2.05) is 18.2 Å². The van der Waals surface area contributed by atoms with Gasteiger partial charge in [0.05, 0.1) is 31.2 Å². The number of anilines is 1. The Morgan fingerprint density at radius 2 is 2.30 bits per heavy atom. The molecule has 2 N–H and O–H groups in total. The average Bonchev–Trinajstić information content (AvgIpc) is 2.79. The van der Waals surface area contributed by atoms with Crippen molar-refractivity contribution in [2.24, 2.45) is 7.05 Å². The number of aryl methyl sites for hydroxylation is 1. The number of halogens is 1. The third-order valence-corrected chi connectivity index (χ3v) is 3.60. The van der Waals surface area contributed by atoms with Crippen LogP contribution in [0.3, 0.4) is 0 Å². The summed E-state index contributed by atoms with van der Waals surface area (Å²) < 4.78 is 7.58. The van der Waals surface area contributed by atoms with E-state index in [9.17, 15) is 4.79 Å². The highest BCUT2D eigenvalue weighted by Gasteiger charge is 2.15. The van der Waals surface area contributed by atoms with E-state index in [1.54, 1.807) is 18.8 Å². The highest BCUT2D eigenvalue weighted by molar-refractivity contribution is 9.10. The van der Waals surface area contributed by atoms with E-state index < -0.39 is 5.97 Å². The summed E-state index contributed by atoms with van der Waals surface area (Å²) in [5.41, 5.74) is 1.62. The first-order valence-corrected chi connectivity index (χ1v) is 6.63. The molecule has 2 aromatic rings. The molecule has 0 bridgehead atoms. The summed E-state index contributed by atoms with van der Waals surface area (Å²) in [7, 11) is 3.31. The molecule has 0 aliphatic heterocycles. The fourth-order valence-corrected chi connectivity index (χ4v) is 2.18. The second-order valence-electron chi connectivity index (χ2n) is 4.13. The SMILES string of the molecule is COc1ccc(Br)c(NCc2c(C(=O)O)cnn2C)c1. The van der Waals surface area contributed by atoms with E-state index in [1.165, 1.54) is 6.20 Å². The van der Waals surface area contributed by atoms with Gasteiger partial charge in [0.15, 0.2) is 0 Å². The highest BCUT2D eigenvalue weighted by atomic mass is 79.9. The number of ether oxygens (including phenoxy) is 1. The molecule has 1 aromatic carbocycles. The van der Waals surface area contributed by atoms with Crippen molar-refractivity contribution in [1.29, 1.82) is 0 Å².